The first-order valence-corrected chi connectivity index (χ1v) is 15.0. The van der Waals surface area contributed by atoms with Gasteiger partial charge in [-0.25, -0.2) is 10.2 Å². The lowest BCUT2D eigenvalue weighted by molar-refractivity contribution is -0.134. The normalized spacial score (nSPS) is 33.3. The van der Waals surface area contributed by atoms with Crippen molar-refractivity contribution in [1.82, 2.24) is 37.6 Å². The van der Waals surface area contributed by atoms with Gasteiger partial charge in [0.05, 0.1) is 17.7 Å². The quantitative estimate of drug-likeness (QED) is 0.195. The summed E-state index contributed by atoms with van der Waals surface area (Å²) in [6, 6.07) is 0. The number of hydrazine groups is 1. The molecule has 1 saturated carbocycles. The molecule has 0 aromatic carbocycles. The molecule has 3 aliphatic heterocycles. The number of hydrogen-bond donors (Lipinski definition) is 7. The van der Waals surface area contributed by atoms with Crippen molar-refractivity contribution in [3.05, 3.63) is 0 Å². The molecule has 0 aromatic rings. The van der Waals surface area contributed by atoms with Gasteiger partial charge in [-0.2, -0.15) is 5.48 Å². The molecule has 3 heterocycles. The van der Waals surface area contributed by atoms with E-state index in [9.17, 15) is 14.4 Å². The Kier molecular flexibility index (Phi) is 10.5. The van der Waals surface area contributed by atoms with Gasteiger partial charge in [0.2, 0.25) is 11.8 Å². The number of ether oxygens (including phenoxy) is 1. The van der Waals surface area contributed by atoms with Crippen LogP contribution in [-0.2, 0) is 19.2 Å². The molecule has 0 radical (unpaired) electrons. The number of amides is 3. The Morgan fingerprint density at radius 1 is 1.13 bits per heavy atom. The zero-order chi connectivity index (χ0) is 27.1. The number of thioether (sulfide) groups is 1. The lowest BCUT2D eigenvalue weighted by Crippen LogP contribution is -2.64. The molecule has 0 bridgehead atoms. The Labute approximate surface area is 229 Å². The molecular formula is C25H45N7O5S. The topological polar surface area (TPSA) is 154 Å². The Hall–Kier alpha value is -1.64. The highest BCUT2D eigenvalue weighted by Crippen LogP contribution is 2.35. The summed E-state index contributed by atoms with van der Waals surface area (Å²) in [5.74, 6) is 0.554. The molecule has 4 fully saturated rings. The molecule has 13 heteroatoms. The van der Waals surface area contributed by atoms with Gasteiger partial charge in [0.15, 0.2) is 0 Å². The van der Waals surface area contributed by atoms with Crippen molar-refractivity contribution >= 4 is 29.7 Å². The van der Waals surface area contributed by atoms with E-state index < -0.39 is 11.7 Å². The predicted octanol–water partition coefficient (Wildman–Crippen LogP) is 1.15. The molecule has 4 aliphatic rings. The summed E-state index contributed by atoms with van der Waals surface area (Å²) in [5.41, 5.74) is 8.45. The van der Waals surface area contributed by atoms with Crippen LogP contribution in [0.3, 0.4) is 0 Å². The van der Waals surface area contributed by atoms with Crippen LogP contribution in [0.25, 0.3) is 0 Å². The highest BCUT2D eigenvalue weighted by Gasteiger charge is 2.40. The largest absolute Gasteiger partial charge is 0.444 e. The van der Waals surface area contributed by atoms with E-state index in [1.54, 1.807) is 11.8 Å². The smallest absolute Gasteiger partial charge is 0.408 e. The van der Waals surface area contributed by atoms with Gasteiger partial charge in [0.1, 0.15) is 11.8 Å². The Morgan fingerprint density at radius 3 is 2.76 bits per heavy atom. The van der Waals surface area contributed by atoms with Crippen molar-refractivity contribution in [2.75, 3.05) is 13.1 Å². The summed E-state index contributed by atoms with van der Waals surface area (Å²) in [6.45, 7) is 6.91. The second-order valence-electron chi connectivity index (χ2n) is 11.6. The van der Waals surface area contributed by atoms with E-state index >= 15 is 0 Å². The predicted molar refractivity (Wildman–Crippen MR) is 144 cm³/mol. The highest BCUT2D eigenvalue weighted by atomic mass is 32.2. The van der Waals surface area contributed by atoms with Crippen molar-refractivity contribution in [1.29, 1.82) is 0 Å². The minimum Gasteiger partial charge on any atom is -0.444 e. The van der Waals surface area contributed by atoms with E-state index in [4.69, 9.17) is 9.57 Å². The summed E-state index contributed by atoms with van der Waals surface area (Å²) >= 11 is 1.69. The second-order valence-corrected chi connectivity index (χ2v) is 13.1. The van der Waals surface area contributed by atoms with Gasteiger partial charge in [0, 0.05) is 30.1 Å². The summed E-state index contributed by atoms with van der Waals surface area (Å²) in [6.07, 6.45) is 7.31. The van der Waals surface area contributed by atoms with Crippen molar-refractivity contribution < 1.29 is 24.0 Å². The summed E-state index contributed by atoms with van der Waals surface area (Å²) < 4.78 is 5.35. The van der Waals surface area contributed by atoms with Crippen molar-refractivity contribution in [3.63, 3.8) is 0 Å². The third kappa shape index (κ3) is 8.68. The number of nitrogens with one attached hydrogen (secondary N) is 7. The third-order valence-electron chi connectivity index (χ3n) is 7.41. The number of alkyl carbamates (subject to hydrolysis) is 1. The zero-order valence-corrected chi connectivity index (χ0v) is 23.6. The van der Waals surface area contributed by atoms with Crippen molar-refractivity contribution in [2.45, 2.75) is 113 Å². The fraction of sp³-hybridized carbons (Fsp3) is 0.880. The van der Waals surface area contributed by atoms with Gasteiger partial charge >= 0.3 is 6.09 Å². The summed E-state index contributed by atoms with van der Waals surface area (Å²) in [7, 11) is 0. The van der Waals surface area contributed by atoms with Crippen LogP contribution in [-0.4, -0.2) is 65.8 Å². The standard InChI is InChI=1S/C25H45N7O5S/c1-25(2,3)36-24(35)29-20-12-9-17(38-20)22-28-19(37-32-22)11-10-18(33)26-13-6-14-27-21-15-7-4-5-8-16(15)23(34)31-30-21/h15-17,19-22,27-28,30,32H,4-14H2,1-3H3,(H,26,33)(H,29,35)(H,31,34). The minimum atomic E-state index is -0.517. The van der Waals surface area contributed by atoms with Crippen LogP contribution < -0.4 is 37.6 Å². The van der Waals surface area contributed by atoms with E-state index in [1.807, 2.05) is 20.8 Å². The average Bonchev–Trinajstić information content (AvgIpc) is 3.52. The number of rotatable bonds is 10. The maximum Gasteiger partial charge on any atom is 0.408 e. The monoisotopic (exact) mass is 555 g/mol. The Balaban J connectivity index is 1.04. The lowest BCUT2D eigenvalue weighted by Gasteiger charge is -2.41. The molecule has 216 valence electrons. The minimum absolute atomic E-state index is 0.00566. The maximum absolute atomic E-state index is 12.3. The van der Waals surface area contributed by atoms with Gasteiger partial charge in [0.25, 0.3) is 0 Å². The fourth-order valence-electron chi connectivity index (χ4n) is 5.56. The van der Waals surface area contributed by atoms with Crippen LogP contribution in [0.15, 0.2) is 0 Å². The van der Waals surface area contributed by atoms with E-state index in [2.05, 4.69) is 37.6 Å². The molecule has 3 amide bonds. The fourth-order valence-corrected chi connectivity index (χ4v) is 6.98. The lowest BCUT2D eigenvalue weighted by atomic mass is 9.76. The first kappa shape index (κ1) is 29.3. The number of carbonyl (C=O) groups excluding carboxylic acids is 3. The van der Waals surface area contributed by atoms with Crippen LogP contribution in [0.1, 0.15) is 78.6 Å². The number of hydrogen-bond acceptors (Lipinski definition) is 10. The SMILES string of the molecule is CC(C)(C)OC(=O)NC1CCC(C2NOC(CCC(=O)NCCCNC3NNC(=O)C4CCCCC34)N2)S1. The molecule has 7 atom stereocenters. The third-order valence-corrected chi connectivity index (χ3v) is 8.95. The average molecular weight is 556 g/mol. The molecule has 4 rings (SSSR count). The Bertz CT molecular complexity index is 828. The second kappa shape index (κ2) is 13.6. The molecular weight excluding hydrogens is 510 g/mol. The first-order valence-electron chi connectivity index (χ1n) is 14.1. The van der Waals surface area contributed by atoms with Crippen molar-refractivity contribution in [3.8, 4) is 0 Å². The number of hydroxylamine groups is 1. The summed E-state index contributed by atoms with van der Waals surface area (Å²) in [5, 5.41) is 13.1. The van der Waals surface area contributed by atoms with E-state index in [-0.39, 0.29) is 46.9 Å². The molecule has 12 nitrogen and oxygen atoms in total. The van der Waals surface area contributed by atoms with Crippen LogP contribution in [0, 0.1) is 11.8 Å². The van der Waals surface area contributed by atoms with Gasteiger partial charge in [-0.3, -0.25) is 25.2 Å². The van der Waals surface area contributed by atoms with E-state index in [0.717, 1.165) is 45.1 Å². The first-order chi connectivity index (χ1) is 18.2. The van der Waals surface area contributed by atoms with Gasteiger partial charge in [-0.05, 0) is 65.8 Å². The van der Waals surface area contributed by atoms with Gasteiger partial charge in [-0.15, -0.1) is 11.8 Å². The molecule has 3 saturated heterocycles. The van der Waals surface area contributed by atoms with E-state index in [0.29, 0.717) is 25.3 Å². The van der Waals surface area contributed by atoms with Crippen molar-refractivity contribution in [2.24, 2.45) is 11.8 Å². The molecule has 0 aromatic heterocycles. The van der Waals surface area contributed by atoms with Crippen LogP contribution >= 0.6 is 11.8 Å². The maximum atomic E-state index is 12.3. The summed E-state index contributed by atoms with van der Waals surface area (Å²) in [4.78, 5) is 42.1. The Morgan fingerprint density at radius 2 is 1.95 bits per heavy atom. The molecule has 7 unspecified atom stereocenters. The van der Waals surface area contributed by atoms with Gasteiger partial charge in [-0.1, -0.05) is 12.8 Å². The molecule has 0 spiro atoms. The molecule has 38 heavy (non-hydrogen) atoms. The molecule has 1 aliphatic carbocycles. The van der Waals surface area contributed by atoms with Crippen LogP contribution in [0.4, 0.5) is 4.79 Å². The number of carbonyl (C=O) groups is 3. The number of fused-ring (bicyclic) bond motifs is 1. The van der Waals surface area contributed by atoms with E-state index in [1.165, 1.54) is 6.42 Å². The van der Waals surface area contributed by atoms with Gasteiger partial charge < -0.3 is 20.7 Å². The highest BCUT2D eigenvalue weighted by molar-refractivity contribution is 8.00. The van der Waals surface area contributed by atoms with Crippen LogP contribution in [0.2, 0.25) is 0 Å². The zero-order valence-electron chi connectivity index (χ0n) is 22.8. The van der Waals surface area contributed by atoms with Crippen LogP contribution in [0.5, 0.6) is 0 Å². The molecule has 7 N–H and O–H groups in total.